The monoisotopic (exact) mass is 326 g/mol. The van der Waals surface area contributed by atoms with E-state index in [-0.39, 0.29) is 23.6 Å². The molecule has 0 radical (unpaired) electrons. The van der Waals surface area contributed by atoms with Gasteiger partial charge in [-0.05, 0) is 36.6 Å². The Bertz CT molecular complexity index is 704. The normalized spacial score (nSPS) is 21.7. The van der Waals surface area contributed by atoms with Gasteiger partial charge >= 0.3 is 0 Å². The summed E-state index contributed by atoms with van der Waals surface area (Å²) >= 11 is 0. The molecular formula is C20H23FN2O. The number of carbonyl (C=O) groups is 1. The average molecular weight is 326 g/mol. The summed E-state index contributed by atoms with van der Waals surface area (Å²) in [5.74, 6) is -0.360. The fraction of sp³-hybridized carbons (Fsp3) is 0.350. The van der Waals surface area contributed by atoms with Crippen molar-refractivity contribution in [3.63, 3.8) is 0 Å². The molecule has 3 rings (SSSR count). The van der Waals surface area contributed by atoms with Crippen LogP contribution < -0.4 is 5.73 Å². The van der Waals surface area contributed by atoms with Crippen LogP contribution in [0, 0.1) is 11.7 Å². The molecule has 0 aromatic heterocycles. The van der Waals surface area contributed by atoms with Crippen LogP contribution in [0.5, 0.6) is 0 Å². The van der Waals surface area contributed by atoms with E-state index in [0.29, 0.717) is 25.2 Å². The minimum absolute atomic E-state index is 0.0306. The molecule has 1 unspecified atom stereocenters. The first-order valence-electron chi connectivity index (χ1n) is 8.40. The lowest BCUT2D eigenvalue weighted by Crippen LogP contribution is -2.33. The van der Waals surface area contributed by atoms with E-state index in [4.69, 9.17) is 5.73 Å². The van der Waals surface area contributed by atoms with Gasteiger partial charge in [-0.1, -0.05) is 48.5 Å². The van der Waals surface area contributed by atoms with Crippen molar-refractivity contribution >= 4 is 5.91 Å². The molecule has 1 saturated heterocycles. The van der Waals surface area contributed by atoms with Crippen LogP contribution in [-0.4, -0.2) is 30.4 Å². The van der Waals surface area contributed by atoms with Gasteiger partial charge < -0.3 is 10.6 Å². The summed E-state index contributed by atoms with van der Waals surface area (Å²) < 4.78 is 14.0. The van der Waals surface area contributed by atoms with E-state index in [0.717, 1.165) is 0 Å². The lowest BCUT2D eigenvalue weighted by molar-refractivity contribution is -0.131. The number of halogens is 1. The van der Waals surface area contributed by atoms with E-state index in [1.807, 2.05) is 23.1 Å². The summed E-state index contributed by atoms with van der Waals surface area (Å²) in [6, 6.07) is 16.7. The van der Waals surface area contributed by atoms with Crippen LogP contribution >= 0.6 is 0 Å². The predicted octanol–water partition coefficient (Wildman–Crippen LogP) is 3.13. The molecule has 24 heavy (non-hydrogen) atoms. The first-order chi connectivity index (χ1) is 11.6. The van der Waals surface area contributed by atoms with Gasteiger partial charge in [0.2, 0.25) is 5.91 Å². The summed E-state index contributed by atoms with van der Waals surface area (Å²) in [6.07, 6.45) is 0. The summed E-state index contributed by atoms with van der Waals surface area (Å²) in [5, 5.41) is 0. The van der Waals surface area contributed by atoms with E-state index in [1.54, 1.807) is 25.1 Å². The van der Waals surface area contributed by atoms with Gasteiger partial charge in [0.25, 0.3) is 0 Å². The molecule has 1 amide bonds. The maximum Gasteiger partial charge on any atom is 0.229 e. The molecule has 4 heteroatoms. The van der Waals surface area contributed by atoms with E-state index in [9.17, 15) is 9.18 Å². The minimum atomic E-state index is -0.487. The van der Waals surface area contributed by atoms with Gasteiger partial charge in [-0.2, -0.15) is 0 Å². The van der Waals surface area contributed by atoms with Crippen LogP contribution in [0.2, 0.25) is 0 Å². The zero-order valence-electron chi connectivity index (χ0n) is 13.9. The molecular weight excluding hydrogens is 303 g/mol. The van der Waals surface area contributed by atoms with Crippen molar-refractivity contribution in [1.82, 2.24) is 4.90 Å². The van der Waals surface area contributed by atoms with Crippen LogP contribution in [0.25, 0.3) is 0 Å². The fourth-order valence-corrected chi connectivity index (χ4v) is 3.60. The number of rotatable bonds is 4. The number of hydrogen-bond donors (Lipinski definition) is 1. The molecule has 0 aliphatic carbocycles. The number of amides is 1. The van der Waals surface area contributed by atoms with Crippen molar-refractivity contribution in [2.45, 2.75) is 18.8 Å². The number of nitrogens with zero attached hydrogens (tertiary/aromatic N) is 1. The molecule has 1 aliphatic rings. The zero-order chi connectivity index (χ0) is 17.1. The highest BCUT2D eigenvalue weighted by molar-refractivity contribution is 5.83. The van der Waals surface area contributed by atoms with Crippen molar-refractivity contribution in [2.24, 2.45) is 11.7 Å². The van der Waals surface area contributed by atoms with Crippen molar-refractivity contribution in [3.05, 3.63) is 71.5 Å². The van der Waals surface area contributed by atoms with Crippen LogP contribution in [0.4, 0.5) is 4.39 Å². The number of hydrogen-bond acceptors (Lipinski definition) is 2. The smallest absolute Gasteiger partial charge is 0.229 e. The Labute approximate surface area is 142 Å². The van der Waals surface area contributed by atoms with Crippen LogP contribution in [0.15, 0.2) is 54.6 Å². The molecule has 0 spiro atoms. The lowest BCUT2D eigenvalue weighted by atomic mass is 9.89. The molecule has 126 valence electrons. The summed E-state index contributed by atoms with van der Waals surface area (Å²) in [6.45, 7) is 3.59. The molecule has 1 aliphatic heterocycles. The van der Waals surface area contributed by atoms with Gasteiger partial charge in [0.15, 0.2) is 0 Å². The lowest BCUT2D eigenvalue weighted by Gasteiger charge is -2.21. The van der Waals surface area contributed by atoms with E-state index in [1.165, 1.54) is 11.6 Å². The van der Waals surface area contributed by atoms with Gasteiger partial charge in [0.1, 0.15) is 5.82 Å². The maximum absolute atomic E-state index is 14.0. The highest BCUT2D eigenvalue weighted by Crippen LogP contribution is 2.34. The van der Waals surface area contributed by atoms with E-state index < -0.39 is 5.92 Å². The van der Waals surface area contributed by atoms with Gasteiger partial charge in [-0.15, -0.1) is 0 Å². The number of carbonyl (C=O) groups excluding carboxylic acids is 1. The summed E-state index contributed by atoms with van der Waals surface area (Å²) in [7, 11) is 0. The first kappa shape index (κ1) is 16.7. The van der Waals surface area contributed by atoms with E-state index >= 15 is 0 Å². The molecule has 2 aromatic rings. The molecule has 3 atom stereocenters. The van der Waals surface area contributed by atoms with Gasteiger partial charge in [-0.25, -0.2) is 4.39 Å². The third-order valence-electron chi connectivity index (χ3n) is 5.03. The van der Waals surface area contributed by atoms with Crippen molar-refractivity contribution in [2.75, 3.05) is 19.6 Å². The maximum atomic E-state index is 14.0. The minimum Gasteiger partial charge on any atom is -0.341 e. The van der Waals surface area contributed by atoms with Crippen molar-refractivity contribution in [1.29, 1.82) is 0 Å². The second kappa shape index (κ2) is 7.14. The average Bonchev–Trinajstić information content (AvgIpc) is 3.06. The van der Waals surface area contributed by atoms with Gasteiger partial charge in [0, 0.05) is 19.0 Å². The zero-order valence-corrected chi connectivity index (χ0v) is 13.9. The molecule has 2 aromatic carbocycles. The SMILES string of the molecule is CC(C(=O)N1C[C@@H](CN)[C@H](c2ccccc2)C1)c1ccccc1F. The quantitative estimate of drug-likeness (QED) is 0.938. The Hall–Kier alpha value is -2.20. The predicted molar refractivity (Wildman–Crippen MR) is 93.1 cm³/mol. The molecule has 1 heterocycles. The first-order valence-corrected chi connectivity index (χ1v) is 8.40. The number of nitrogens with two attached hydrogens (primary N) is 1. The Morgan fingerprint density at radius 3 is 2.50 bits per heavy atom. The van der Waals surface area contributed by atoms with Gasteiger partial charge in [-0.3, -0.25) is 4.79 Å². The summed E-state index contributed by atoms with van der Waals surface area (Å²) in [5.41, 5.74) is 7.60. The van der Waals surface area contributed by atoms with Crippen LogP contribution in [-0.2, 0) is 4.79 Å². The highest BCUT2D eigenvalue weighted by atomic mass is 19.1. The Balaban J connectivity index is 1.78. The molecule has 3 nitrogen and oxygen atoms in total. The molecule has 0 saturated carbocycles. The molecule has 2 N–H and O–H groups in total. The standard InChI is InChI=1S/C20H23FN2O/c1-14(17-9-5-6-10-19(17)21)20(24)23-12-16(11-22)18(13-23)15-7-3-2-4-8-15/h2-10,14,16,18H,11-13,22H2,1H3/t14?,16-,18+/m1/s1. The van der Waals surface area contributed by atoms with E-state index in [2.05, 4.69) is 12.1 Å². The van der Waals surface area contributed by atoms with Gasteiger partial charge in [0.05, 0.1) is 5.92 Å². The topological polar surface area (TPSA) is 46.3 Å². The second-order valence-corrected chi connectivity index (χ2v) is 6.50. The fourth-order valence-electron chi connectivity index (χ4n) is 3.60. The third-order valence-corrected chi connectivity index (χ3v) is 5.03. The Morgan fingerprint density at radius 2 is 1.83 bits per heavy atom. The van der Waals surface area contributed by atoms with Crippen LogP contribution in [0.3, 0.4) is 0 Å². The largest absolute Gasteiger partial charge is 0.341 e. The molecule has 1 fully saturated rings. The third kappa shape index (κ3) is 3.20. The molecule has 0 bridgehead atoms. The summed E-state index contributed by atoms with van der Waals surface area (Å²) in [4.78, 5) is 14.7. The highest BCUT2D eigenvalue weighted by Gasteiger charge is 2.37. The Kier molecular flexibility index (Phi) is 4.95. The number of likely N-dealkylation sites (tertiary alicyclic amines) is 1. The van der Waals surface area contributed by atoms with Crippen molar-refractivity contribution in [3.8, 4) is 0 Å². The van der Waals surface area contributed by atoms with Crippen LogP contribution in [0.1, 0.15) is 29.9 Å². The van der Waals surface area contributed by atoms with Crippen molar-refractivity contribution < 1.29 is 9.18 Å². The second-order valence-electron chi connectivity index (χ2n) is 6.50. The number of benzene rings is 2. The Morgan fingerprint density at radius 1 is 1.17 bits per heavy atom.